The predicted octanol–water partition coefficient (Wildman–Crippen LogP) is 4.35. The SMILES string of the molecule is Cc1cc(Oc2cncc(/C=C/C(=O)O)c2)cc(C)c1Br. The molecule has 0 bridgehead atoms. The number of hydrogen-bond acceptors (Lipinski definition) is 3. The Balaban J connectivity index is 2.24. The Morgan fingerprint density at radius 2 is 1.86 bits per heavy atom. The van der Waals surface area contributed by atoms with Crippen molar-refractivity contribution in [3.8, 4) is 11.5 Å². The first-order valence-corrected chi connectivity index (χ1v) is 7.05. The Hall–Kier alpha value is -2.14. The highest BCUT2D eigenvalue weighted by molar-refractivity contribution is 9.10. The highest BCUT2D eigenvalue weighted by Gasteiger charge is 2.05. The van der Waals surface area contributed by atoms with E-state index in [1.165, 1.54) is 6.08 Å². The molecule has 1 N–H and O–H groups in total. The second-order valence-electron chi connectivity index (χ2n) is 4.60. The van der Waals surface area contributed by atoms with Gasteiger partial charge in [-0.1, -0.05) is 15.9 Å². The summed E-state index contributed by atoms with van der Waals surface area (Å²) in [5.74, 6) is 0.276. The maximum atomic E-state index is 10.5. The first-order chi connectivity index (χ1) is 9.95. The number of aromatic nitrogens is 1. The molecule has 1 aromatic heterocycles. The van der Waals surface area contributed by atoms with Gasteiger partial charge in [0.2, 0.25) is 0 Å². The van der Waals surface area contributed by atoms with Crippen LogP contribution >= 0.6 is 15.9 Å². The number of aliphatic carboxylic acids is 1. The molecule has 21 heavy (non-hydrogen) atoms. The van der Waals surface area contributed by atoms with Gasteiger partial charge in [0, 0.05) is 16.7 Å². The minimum absolute atomic E-state index is 0.559. The summed E-state index contributed by atoms with van der Waals surface area (Å²) in [6, 6.07) is 5.59. The standard InChI is InChI=1S/C16H14BrNO3/c1-10-5-13(6-11(2)16(10)17)21-14-7-12(8-18-9-14)3-4-15(19)20/h3-9H,1-2H3,(H,19,20)/b4-3+. The van der Waals surface area contributed by atoms with Crippen molar-refractivity contribution >= 4 is 28.0 Å². The first kappa shape index (κ1) is 15.3. The molecule has 0 saturated carbocycles. The van der Waals surface area contributed by atoms with Crippen LogP contribution in [0.2, 0.25) is 0 Å². The minimum atomic E-state index is -1.000. The normalized spacial score (nSPS) is 10.8. The lowest BCUT2D eigenvalue weighted by Crippen LogP contribution is -1.90. The van der Waals surface area contributed by atoms with E-state index in [0.717, 1.165) is 27.4 Å². The highest BCUT2D eigenvalue weighted by Crippen LogP contribution is 2.29. The number of hydrogen-bond donors (Lipinski definition) is 1. The molecule has 0 saturated heterocycles. The maximum Gasteiger partial charge on any atom is 0.328 e. The number of carbonyl (C=O) groups is 1. The molecule has 0 amide bonds. The third kappa shape index (κ3) is 4.16. The number of carboxylic acids is 1. The topological polar surface area (TPSA) is 59.4 Å². The molecule has 1 heterocycles. The van der Waals surface area contributed by atoms with Gasteiger partial charge >= 0.3 is 5.97 Å². The molecule has 0 aliphatic rings. The third-order valence-corrected chi connectivity index (χ3v) is 4.05. The largest absolute Gasteiger partial charge is 0.478 e. The van der Waals surface area contributed by atoms with E-state index in [9.17, 15) is 4.79 Å². The quantitative estimate of drug-likeness (QED) is 0.835. The lowest BCUT2D eigenvalue weighted by molar-refractivity contribution is -0.131. The summed E-state index contributed by atoms with van der Waals surface area (Å²) in [5, 5.41) is 8.62. The molecule has 0 radical (unpaired) electrons. The van der Waals surface area contributed by atoms with Crippen LogP contribution < -0.4 is 4.74 Å². The van der Waals surface area contributed by atoms with Gasteiger partial charge in [-0.3, -0.25) is 4.98 Å². The molecule has 2 rings (SSSR count). The second-order valence-corrected chi connectivity index (χ2v) is 5.39. The number of rotatable bonds is 4. The fourth-order valence-corrected chi connectivity index (χ4v) is 2.08. The number of benzene rings is 1. The van der Waals surface area contributed by atoms with Gasteiger partial charge < -0.3 is 9.84 Å². The second kappa shape index (κ2) is 6.54. The Labute approximate surface area is 131 Å². The van der Waals surface area contributed by atoms with E-state index in [1.807, 2.05) is 26.0 Å². The zero-order chi connectivity index (χ0) is 15.4. The molecular formula is C16H14BrNO3. The Kier molecular flexibility index (Phi) is 4.75. The third-order valence-electron chi connectivity index (χ3n) is 2.80. The average Bonchev–Trinajstić information content (AvgIpc) is 2.43. The molecule has 5 heteroatoms. The summed E-state index contributed by atoms with van der Waals surface area (Å²) in [7, 11) is 0. The fourth-order valence-electron chi connectivity index (χ4n) is 1.85. The van der Waals surface area contributed by atoms with Crippen LogP contribution in [-0.4, -0.2) is 16.1 Å². The van der Waals surface area contributed by atoms with Crippen LogP contribution in [-0.2, 0) is 4.79 Å². The van der Waals surface area contributed by atoms with Gasteiger partial charge in [0.1, 0.15) is 11.5 Å². The van der Waals surface area contributed by atoms with E-state index in [4.69, 9.17) is 9.84 Å². The number of aryl methyl sites for hydroxylation is 2. The van der Waals surface area contributed by atoms with Crippen LogP contribution in [0.15, 0.2) is 41.1 Å². The summed E-state index contributed by atoms with van der Waals surface area (Å²) in [6.07, 6.45) is 5.70. The van der Waals surface area contributed by atoms with Crippen LogP contribution in [0.25, 0.3) is 6.08 Å². The van der Waals surface area contributed by atoms with Crippen molar-refractivity contribution in [1.29, 1.82) is 0 Å². The monoisotopic (exact) mass is 347 g/mol. The molecule has 0 unspecified atom stereocenters. The molecule has 4 nitrogen and oxygen atoms in total. The van der Waals surface area contributed by atoms with Crippen LogP contribution in [0.5, 0.6) is 11.5 Å². The fraction of sp³-hybridized carbons (Fsp3) is 0.125. The molecule has 0 spiro atoms. The van der Waals surface area contributed by atoms with Gasteiger partial charge in [0.05, 0.1) is 6.20 Å². The van der Waals surface area contributed by atoms with E-state index in [1.54, 1.807) is 18.5 Å². The van der Waals surface area contributed by atoms with Gasteiger partial charge in [-0.15, -0.1) is 0 Å². The smallest absolute Gasteiger partial charge is 0.328 e. The van der Waals surface area contributed by atoms with E-state index in [2.05, 4.69) is 20.9 Å². The van der Waals surface area contributed by atoms with Crippen molar-refractivity contribution in [2.24, 2.45) is 0 Å². The summed E-state index contributed by atoms with van der Waals surface area (Å²) in [6.45, 7) is 3.99. The van der Waals surface area contributed by atoms with Gasteiger partial charge in [-0.2, -0.15) is 0 Å². The van der Waals surface area contributed by atoms with Crippen molar-refractivity contribution in [3.05, 3.63) is 57.8 Å². The molecule has 2 aromatic rings. The lowest BCUT2D eigenvalue weighted by atomic mass is 10.1. The van der Waals surface area contributed by atoms with E-state index < -0.39 is 5.97 Å². The van der Waals surface area contributed by atoms with E-state index >= 15 is 0 Å². The zero-order valence-electron chi connectivity index (χ0n) is 11.6. The van der Waals surface area contributed by atoms with Gasteiger partial charge in [-0.05, 0) is 54.8 Å². The number of pyridine rings is 1. The molecule has 0 fully saturated rings. The van der Waals surface area contributed by atoms with Gasteiger partial charge in [-0.25, -0.2) is 4.79 Å². The highest BCUT2D eigenvalue weighted by atomic mass is 79.9. The Bertz CT molecular complexity index is 687. The van der Waals surface area contributed by atoms with Crippen molar-refractivity contribution in [3.63, 3.8) is 0 Å². The van der Waals surface area contributed by atoms with E-state index in [0.29, 0.717) is 11.3 Å². The van der Waals surface area contributed by atoms with Crippen molar-refractivity contribution in [2.45, 2.75) is 13.8 Å². The number of halogens is 1. The van der Waals surface area contributed by atoms with Crippen molar-refractivity contribution in [2.75, 3.05) is 0 Å². The predicted molar refractivity (Wildman–Crippen MR) is 84.6 cm³/mol. The Morgan fingerprint density at radius 3 is 2.48 bits per heavy atom. The van der Waals surface area contributed by atoms with Crippen LogP contribution in [0.3, 0.4) is 0 Å². The summed E-state index contributed by atoms with van der Waals surface area (Å²) < 4.78 is 6.84. The molecular weight excluding hydrogens is 334 g/mol. The zero-order valence-corrected chi connectivity index (χ0v) is 13.2. The van der Waals surface area contributed by atoms with Gasteiger partial charge in [0.25, 0.3) is 0 Å². The number of ether oxygens (including phenoxy) is 1. The van der Waals surface area contributed by atoms with E-state index in [-0.39, 0.29) is 0 Å². The molecule has 108 valence electrons. The molecule has 1 aromatic carbocycles. The molecule has 0 aliphatic heterocycles. The minimum Gasteiger partial charge on any atom is -0.478 e. The molecule has 0 atom stereocenters. The van der Waals surface area contributed by atoms with Crippen LogP contribution in [0.1, 0.15) is 16.7 Å². The number of nitrogens with zero attached hydrogens (tertiary/aromatic N) is 1. The van der Waals surface area contributed by atoms with Crippen molar-refractivity contribution < 1.29 is 14.6 Å². The first-order valence-electron chi connectivity index (χ1n) is 6.26. The molecule has 0 aliphatic carbocycles. The van der Waals surface area contributed by atoms with Crippen LogP contribution in [0, 0.1) is 13.8 Å². The summed E-state index contributed by atoms with van der Waals surface area (Å²) in [5.41, 5.74) is 2.83. The maximum absolute atomic E-state index is 10.5. The average molecular weight is 348 g/mol. The Morgan fingerprint density at radius 1 is 1.19 bits per heavy atom. The van der Waals surface area contributed by atoms with Crippen LogP contribution in [0.4, 0.5) is 0 Å². The summed E-state index contributed by atoms with van der Waals surface area (Å²) >= 11 is 3.51. The number of carboxylic acid groups (broad SMARTS) is 1. The van der Waals surface area contributed by atoms with Crippen molar-refractivity contribution in [1.82, 2.24) is 4.98 Å². The van der Waals surface area contributed by atoms with Gasteiger partial charge in [0.15, 0.2) is 0 Å². The lowest BCUT2D eigenvalue weighted by Gasteiger charge is -2.10. The summed E-state index contributed by atoms with van der Waals surface area (Å²) in [4.78, 5) is 14.6.